The smallest absolute Gasteiger partial charge is 0.371 e. The number of nitrogens with one attached hydrogen (secondary N) is 1. The second-order valence-corrected chi connectivity index (χ2v) is 3.90. The van der Waals surface area contributed by atoms with E-state index in [0.717, 1.165) is 17.2 Å². The minimum Gasteiger partial charge on any atom is -0.371 e. The van der Waals surface area contributed by atoms with Crippen molar-refractivity contribution in [2.45, 2.75) is 0 Å². The summed E-state index contributed by atoms with van der Waals surface area (Å²) < 4.78 is 7.86. The topological polar surface area (TPSA) is 107 Å². The highest BCUT2D eigenvalue weighted by molar-refractivity contribution is 7.10. The quantitative estimate of drug-likeness (QED) is 0.642. The van der Waals surface area contributed by atoms with E-state index in [1.165, 1.54) is 0 Å². The number of aromatic nitrogens is 2. The van der Waals surface area contributed by atoms with Crippen LogP contribution >= 0.6 is 11.5 Å². The average Bonchev–Trinajstić information content (AvgIpc) is 2.77. The van der Waals surface area contributed by atoms with Crippen molar-refractivity contribution in [1.82, 2.24) is 9.59 Å². The van der Waals surface area contributed by atoms with Gasteiger partial charge in [0.15, 0.2) is 0 Å². The summed E-state index contributed by atoms with van der Waals surface area (Å²) in [6.45, 7) is 0. The third-order valence-corrected chi connectivity index (χ3v) is 2.55. The maximum atomic E-state index is 11.5. The summed E-state index contributed by atoms with van der Waals surface area (Å²) in [5.41, 5.74) is 5.43. The molecule has 1 aromatic carbocycles. The molecule has 0 aliphatic carbocycles. The van der Waals surface area contributed by atoms with Crippen molar-refractivity contribution in [3.05, 3.63) is 36.0 Å². The molecule has 3 N–H and O–H groups in total. The van der Waals surface area contributed by atoms with Crippen LogP contribution in [-0.4, -0.2) is 21.6 Å². The van der Waals surface area contributed by atoms with Crippen LogP contribution in [-0.2, 0) is 4.74 Å². The molecule has 0 spiro atoms. The van der Waals surface area contributed by atoms with Crippen LogP contribution in [0.2, 0.25) is 0 Å². The summed E-state index contributed by atoms with van der Waals surface area (Å²) in [5.74, 6) is -0.935. The number of rotatable bonds is 3. The summed E-state index contributed by atoms with van der Waals surface area (Å²) in [6, 6.07) is 9.14. The van der Waals surface area contributed by atoms with Gasteiger partial charge in [-0.3, -0.25) is 0 Å². The zero-order valence-corrected chi connectivity index (χ0v) is 9.81. The van der Waals surface area contributed by atoms with Crippen molar-refractivity contribution in [3.8, 4) is 0 Å². The van der Waals surface area contributed by atoms with E-state index < -0.39 is 12.1 Å². The lowest BCUT2D eigenvalue weighted by Crippen LogP contribution is -2.19. The number of benzene rings is 1. The second kappa shape index (κ2) is 5.23. The Kier molecular flexibility index (Phi) is 3.49. The van der Waals surface area contributed by atoms with Crippen molar-refractivity contribution in [2.24, 2.45) is 5.73 Å². The van der Waals surface area contributed by atoms with Gasteiger partial charge in [-0.05, 0) is 12.1 Å². The molecule has 0 unspecified atom stereocenters. The molecule has 7 nitrogen and oxygen atoms in total. The minimum atomic E-state index is -1.18. The maximum absolute atomic E-state index is 11.5. The first-order valence-corrected chi connectivity index (χ1v) is 5.60. The van der Waals surface area contributed by atoms with Crippen LogP contribution in [0.25, 0.3) is 0 Å². The van der Waals surface area contributed by atoms with E-state index in [9.17, 15) is 9.59 Å². The molecule has 0 atom stereocenters. The molecule has 0 saturated carbocycles. The third-order valence-electron chi connectivity index (χ3n) is 1.91. The summed E-state index contributed by atoms with van der Waals surface area (Å²) in [7, 11) is 0. The molecule has 0 bridgehead atoms. The van der Waals surface area contributed by atoms with E-state index >= 15 is 0 Å². The number of carbonyl (C=O) groups is 2. The molecular formula is C10H8N4O3S. The van der Waals surface area contributed by atoms with Crippen LogP contribution in [0.5, 0.6) is 0 Å². The Hall–Kier alpha value is -2.48. The number of para-hydroxylation sites is 1. The molecular weight excluding hydrogens is 256 g/mol. The number of ether oxygens (including phenoxy) is 1. The van der Waals surface area contributed by atoms with Gasteiger partial charge < -0.3 is 15.8 Å². The van der Waals surface area contributed by atoms with Crippen LogP contribution in [0.3, 0.4) is 0 Å². The highest BCUT2D eigenvalue weighted by Gasteiger charge is 2.20. The van der Waals surface area contributed by atoms with E-state index in [1.807, 2.05) is 30.3 Å². The lowest BCUT2D eigenvalue weighted by molar-refractivity contribution is 0.0633. The SMILES string of the molecule is NC(=O)OC(=O)c1nnsc1Nc1ccccc1. The number of esters is 1. The van der Waals surface area contributed by atoms with E-state index in [4.69, 9.17) is 5.73 Å². The lowest BCUT2D eigenvalue weighted by Gasteiger charge is -2.03. The van der Waals surface area contributed by atoms with Gasteiger partial charge in [0.1, 0.15) is 5.00 Å². The number of anilines is 2. The standard InChI is InChI=1S/C10H8N4O3S/c11-10(16)17-9(15)7-8(18-14-13-7)12-6-4-2-1-3-5-6/h1-5,12H,(H2,11,16). The maximum Gasteiger partial charge on any atom is 0.412 e. The van der Waals surface area contributed by atoms with E-state index in [2.05, 4.69) is 19.6 Å². The Labute approximate surface area is 106 Å². The Morgan fingerprint density at radius 2 is 2.00 bits per heavy atom. The van der Waals surface area contributed by atoms with Gasteiger partial charge in [0.25, 0.3) is 0 Å². The Morgan fingerprint density at radius 1 is 1.28 bits per heavy atom. The van der Waals surface area contributed by atoms with Crippen molar-refractivity contribution in [2.75, 3.05) is 5.32 Å². The van der Waals surface area contributed by atoms with Crippen molar-refractivity contribution in [3.63, 3.8) is 0 Å². The number of hydrogen-bond donors (Lipinski definition) is 2. The minimum absolute atomic E-state index is 0.0809. The molecule has 18 heavy (non-hydrogen) atoms. The highest BCUT2D eigenvalue weighted by atomic mass is 32.1. The Balaban J connectivity index is 2.18. The van der Waals surface area contributed by atoms with Gasteiger partial charge in [-0.2, -0.15) is 0 Å². The predicted octanol–water partition coefficient (Wildman–Crippen LogP) is 1.52. The zero-order chi connectivity index (χ0) is 13.0. The molecule has 1 amide bonds. The number of primary amides is 1. The van der Waals surface area contributed by atoms with Gasteiger partial charge in [0.05, 0.1) is 0 Å². The molecule has 8 heteroatoms. The molecule has 92 valence electrons. The first kappa shape index (κ1) is 12.0. The van der Waals surface area contributed by atoms with Crippen LogP contribution in [0, 0.1) is 0 Å². The first-order valence-electron chi connectivity index (χ1n) is 4.83. The number of nitrogens with two attached hydrogens (primary N) is 1. The fourth-order valence-corrected chi connectivity index (χ4v) is 1.78. The number of nitrogens with zero attached hydrogens (tertiary/aromatic N) is 2. The fraction of sp³-hybridized carbons (Fsp3) is 0. The molecule has 1 heterocycles. The third kappa shape index (κ3) is 2.80. The molecule has 0 fully saturated rings. The van der Waals surface area contributed by atoms with E-state index in [0.29, 0.717) is 5.00 Å². The van der Waals surface area contributed by atoms with Crippen LogP contribution in [0.1, 0.15) is 10.5 Å². The molecule has 2 aromatic rings. The molecule has 0 radical (unpaired) electrons. The van der Waals surface area contributed by atoms with Crippen LogP contribution in [0.15, 0.2) is 30.3 Å². The zero-order valence-electron chi connectivity index (χ0n) is 8.99. The normalized spacial score (nSPS) is 9.78. The summed E-state index contributed by atoms with van der Waals surface area (Å²) in [6.07, 6.45) is -1.18. The van der Waals surface area contributed by atoms with Gasteiger partial charge in [0, 0.05) is 17.2 Å². The summed E-state index contributed by atoms with van der Waals surface area (Å²) in [5, 5.41) is 6.92. The van der Waals surface area contributed by atoms with Gasteiger partial charge >= 0.3 is 12.1 Å². The molecule has 1 aromatic heterocycles. The van der Waals surface area contributed by atoms with Gasteiger partial charge in [-0.1, -0.05) is 22.7 Å². The van der Waals surface area contributed by atoms with E-state index in [-0.39, 0.29) is 5.69 Å². The molecule has 2 rings (SSSR count). The molecule has 0 saturated heterocycles. The van der Waals surface area contributed by atoms with Gasteiger partial charge in [0.2, 0.25) is 5.69 Å². The second-order valence-electron chi connectivity index (χ2n) is 3.15. The number of hydrogen-bond acceptors (Lipinski definition) is 7. The molecule has 0 aliphatic rings. The average molecular weight is 264 g/mol. The van der Waals surface area contributed by atoms with Crippen LogP contribution < -0.4 is 11.1 Å². The van der Waals surface area contributed by atoms with Crippen molar-refractivity contribution >= 4 is 34.3 Å². The van der Waals surface area contributed by atoms with Crippen LogP contribution in [0.4, 0.5) is 15.5 Å². The first-order chi connectivity index (χ1) is 8.66. The van der Waals surface area contributed by atoms with Gasteiger partial charge in [-0.25, -0.2) is 9.59 Å². The summed E-state index contributed by atoms with van der Waals surface area (Å²) in [4.78, 5) is 22.0. The molecule has 0 aliphatic heterocycles. The van der Waals surface area contributed by atoms with Gasteiger partial charge in [-0.15, -0.1) is 5.10 Å². The lowest BCUT2D eigenvalue weighted by atomic mass is 10.3. The fourth-order valence-electron chi connectivity index (χ4n) is 1.20. The number of carbonyl (C=O) groups excluding carboxylic acids is 2. The Morgan fingerprint density at radius 3 is 2.67 bits per heavy atom. The highest BCUT2D eigenvalue weighted by Crippen LogP contribution is 2.23. The van der Waals surface area contributed by atoms with E-state index in [1.54, 1.807) is 0 Å². The number of amides is 1. The predicted molar refractivity (Wildman–Crippen MR) is 64.6 cm³/mol. The monoisotopic (exact) mass is 264 g/mol. The Bertz CT molecular complexity index is 570. The largest absolute Gasteiger partial charge is 0.412 e. The summed E-state index contributed by atoms with van der Waals surface area (Å²) >= 11 is 0.975. The van der Waals surface area contributed by atoms with Crippen molar-refractivity contribution in [1.29, 1.82) is 0 Å². The van der Waals surface area contributed by atoms with Crippen molar-refractivity contribution < 1.29 is 14.3 Å².